The second-order valence-corrected chi connectivity index (χ2v) is 5.41. The van der Waals surface area contributed by atoms with Crippen LogP contribution in [0.2, 0.25) is 5.02 Å². The van der Waals surface area contributed by atoms with Gasteiger partial charge in [-0.05, 0) is 54.5 Å². The van der Waals surface area contributed by atoms with E-state index in [1.165, 1.54) is 24.0 Å². The minimum Gasteiger partial charge on any atom is -0.316 e. The fourth-order valence-corrected chi connectivity index (χ4v) is 2.72. The van der Waals surface area contributed by atoms with Gasteiger partial charge < -0.3 is 5.32 Å². The zero-order valence-corrected chi connectivity index (χ0v) is 10.8. The van der Waals surface area contributed by atoms with Crippen molar-refractivity contribution in [3.63, 3.8) is 0 Å². The Morgan fingerprint density at radius 1 is 1.38 bits per heavy atom. The maximum absolute atomic E-state index is 6.12. The molecule has 1 atom stereocenters. The van der Waals surface area contributed by atoms with Gasteiger partial charge in [0.25, 0.3) is 0 Å². The van der Waals surface area contributed by atoms with Gasteiger partial charge in [-0.3, -0.25) is 0 Å². The van der Waals surface area contributed by atoms with E-state index in [1.807, 2.05) is 6.07 Å². The number of piperidine rings is 1. The lowest BCUT2D eigenvalue weighted by Gasteiger charge is -2.26. The minimum atomic E-state index is 0.578. The van der Waals surface area contributed by atoms with E-state index in [4.69, 9.17) is 11.6 Å². The van der Waals surface area contributed by atoms with Crippen molar-refractivity contribution in [2.45, 2.75) is 38.5 Å². The van der Waals surface area contributed by atoms with Crippen LogP contribution in [0.5, 0.6) is 0 Å². The molecule has 0 radical (unpaired) electrons. The van der Waals surface area contributed by atoms with Crippen LogP contribution in [0.25, 0.3) is 0 Å². The Bertz CT molecular complexity index is 354. The first-order valence-electron chi connectivity index (χ1n) is 6.18. The molecule has 1 aliphatic heterocycles. The van der Waals surface area contributed by atoms with Crippen LogP contribution >= 0.6 is 11.6 Å². The van der Waals surface area contributed by atoms with Crippen molar-refractivity contribution in [1.82, 2.24) is 5.32 Å². The molecule has 1 unspecified atom stereocenters. The summed E-state index contributed by atoms with van der Waals surface area (Å²) in [5.74, 6) is 1.22. The zero-order chi connectivity index (χ0) is 11.5. The first-order valence-corrected chi connectivity index (χ1v) is 6.56. The second kappa shape index (κ2) is 5.20. The molecule has 1 aliphatic rings. The number of nitrogens with one attached hydrogen (secondary N) is 1. The number of benzene rings is 1. The molecule has 2 rings (SSSR count). The van der Waals surface area contributed by atoms with Gasteiger partial charge in [0.05, 0.1) is 0 Å². The quantitative estimate of drug-likeness (QED) is 0.822. The molecular weight excluding hydrogens is 218 g/mol. The maximum atomic E-state index is 6.12. The molecule has 1 aromatic carbocycles. The molecule has 1 nitrogen and oxygen atoms in total. The molecule has 0 spiro atoms. The highest BCUT2D eigenvalue weighted by Gasteiger charge is 2.19. The van der Waals surface area contributed by atoms with E-state index in [-0.39, 0.29) is 0 Å². The Labute approximate surface area is 103 Å². The predicted molar refractivity (Wildman–Crippen MR) is 70.4 cm³/mol. The lowest BCUT2D eigenvalue weighted by atomic mass is 9.85. The van der Waals surface area contributed by atoms with Crippen molar-refractivity contribution in [2.75, 3.05) is 13.1 Å². The molecule has 1 saturated heterocycles. The van der Waals surface area contributed by atoms with Gasteiger partial charge >= 0.3 is 0 Å². The fraction of sp³-hybridized carbons (Fsp3) is 0.571. The van der Waals surface area contributed by atoms with E-state index >= 15 is 0 Å². The Hall–Kier alpha value is -0.530. The fourth-order valence-electron chi connectivity index (χ4n) is 2.54. The highest BCUT2D eigenvalue weighted by Crippen LogP contribution is 2.32. The van der Waals surface area contributed by atoms with Crippen LogP contribution in [-0.4, -0.2) is 13.1 Å². The number of hydrogen-bond acceptors (Lipinski definition) is 1. The summed E-state index contributed by atoms with van der Waals surface area (Å²) < 4.78 is 0. The molecule has 1 fully saturated rings. The van der Waals surface area contributed by atoms with E-state index in [0.717, 1.165) is 18.1 Å². The largest absolute Gasteiger partial charge is 0.316 e. The average molecular weight is 238 g/mol. The Balaban J connectivity index is 2.32. The predicted octanol–water partition coefficient (Wildman–Crippen LogP) is 3.93. The smallest absolute Gasteiger partial charge is 0.0409 e. The van der Waals surface area contributed by atoms with E-state index in [9.17, 15) is 0 Å². The molecule has 0 saturated carbocycles. The maximum Gasteiger partial charge on any atom is 0.0409 e. The van der Waals surface area contributed by atoms with Gasteiger partial charge in [-0.15, -0.1) is 0 Å². The van der Waals surface area contributed by atoms with Gasteiger partial charge in [0.15, 0.2) is 0 Å². The van der Waals surface area contributed by atoms with Crippen LogP contribution < -0.4 is 5.32 Å². The summed E-state index contributed by atoms with van der Waals surface area (Å²) in [7, 11) is 0. The summed E-state index contributed by atoms with van der Waals surface area (Å²) >= 11 is 6.12. The van der Waals surface area contributed by atoms with Crippen molar-refractivity contribution in [3.05, 3.63) is 34.3 Å². The molecule has 0 aliphatic carbocycles. The van der Waals surface area contributed by atoms with E-state index in [1.54, 1.807) is 0 Å². The van der Waals surface area contributed by atoms with Crippen LogP contribution in [0.15, 0.2) is 18.2 Å². The third kappa shape index (κ3) is 2.58. The Kier molecular flexibility index (Phi) is 3.88. The summed E-state index contributed by atoms with van der Waals surface area (Å²) in [4.78, 5) is 0. The lowest BCUT2D eigenvalue weighted by molar-refractivity contribution is 0.458. The van der Waals surface area contributed by atoms with Gasteiger partial charge in [0.2, 0.25) is 0 Å². The SMILES string of the molecule is CC(C)c1ccc(Cl)cc1C1CCCNC1. The molecular formula is C14H20ClN. The molecule has 1 aromatic rings. The van der Waals surface area contributed by atoms with Crippen LogP contribution in [-0.2, 0) is 0 Å². The monoisotopic (exact) mass is 237 g/mol. The van der Waals surface area contributed by atoms with E-state index in [2.05, 4.69) is 31.3 Å². The Morgan fingerprint density at radius 2 is 2.19 bits per heavy atom. The van der Waals surface area contributed by atoms with Gasteiger partial charge in [-0.25, -0.2) is 0 Å². The van der Waals surface area contributed by atoms with Crippen LogP contribution in [0.4, 0.5) is 0 Å². The van der Waals surface area contributed by atoms with Gasteiger partial charge in [0, 0.05) is 11.6 Å². The molecule has 88 valence electrons. The third-order valence-electron chi connectivity index (χ3n) is 3.41. The van der Waals surface area contributed by atoms with Gasteiger partial charge in [-0.2, -0.15) is 0 Å². The van der Waals surface area contributed by atoms with Gasteiger partial charge in [-0.1, -0.05) is 31.5 Å². The highest BCUT2D eigenvalue weighted by molar-refractivity contribution is 6.30. The minimum absolute atomic E-state index is 0.578. The summed E-state index contributed by atoms with van der Waals surface area (Å²) in [5.41, 5.74) is 2.91. The van der Waals surface area contributed by atoms with Crippen molar-refractivity contribution in [2.24, 2.45) is 0 Å². The molecule has 0 amide bonds. The number of hydrogen-bond donors (Lipinski definition) is 1. The van der Waals surface area contributed by atoms with E-state index in [0.29, 0.717) is 11.8 Å². The Morgan fingerprint density at radius 3 is 2.81 bits per heavy atom. The summed E-state index contributed by atoms with van der Waals surface area (Å²) in [5, 5.41) is 4.34. The van der Waals surface area contributed by atoms with Crippen LogP contribution in [0, 0.1) is 0 Å². The lowest BCUT2D eigenvalue weighted by Crippen LogP contribution is -2.29. The zero-order valence-electron chi connectivity index (χ0n) is 10.1. The highest BCUT2D eigenvalue weighted by atomic mass is 35.5. The summed E-state index contributed by atoms with van der Waals surface area (Å²) in [6.07, 6.45) is 2.56. The molecule has 2 heteroatoms. The van der Waals surface area contributed by atoms with Gasteiger partial charge in [0.1, 0.15) is 0 Å². The molecule has 0 bridgehead atoms. The van der Waals surface area contributed by atoms with Crippen molar-refractivity contribution in [1.29, 1.82) is 0 Å². The third-order valence-corrected chi connectivity index (χ3v) is 3.64. The van der Waals surface area contributed by atoms with Crippen LogP contribution in [0.1, 0.15) is 49.7 Å². The molecule has 1 heterocycles. The molecule has 0 aromatic heterocycles. The first kappa shape index (κ1) is 11.9. The number of halogens is 1. The molecule has 1 N–H and O–H groups in total. The number of rotatable bonds is 2. The summed E-state index contributed by atoms with van der Waals surface area (Å²) in [6.45, 7) is 6.76. The standard InChI is InChI=1S/C14H20ClN/c1-10(2)13-6-5-12(15)8-14(13)11-4-3-7-16-9-11/h5-6,8,10-11,16H,3-4,7,9H2,1-2H3. The van der Waals surface area contributed by atoms with Crippen LogP contribution in [0.3, 0.4) is 0 Å². The topological polar surface area (TPSA) is 12.0 Å². The second-order valence-electron chi connectivity index (χ2n) is 4.97. The van der Waals surface area contributed by atoms with Crippen molar-refractivity contribution in [3.8, 4) is 0 Å². The molecule has 16 heavy (non-hydrogen) atoms. The average Bonchev–Trinajstić information content (AvgIpc) is 2.29. The summed E-state index contributed by atoms with van der Waals surface area (Å²) in [6, 6.07) is 6.36. The van der Waals surface area contributed by atoms with Crippen molar-refractivity contribution >= 4 is 11.6 Å². The first-order chi connectivity index (χ1) is 7.68. The van der Waals surface area contributed by atoms with Crippen molar-refractivity contribution < 1.29 is 0 Å². The van der Waals surface area contributed by atoms with E-state index < -0.39 is 0 Å². The normalized spacial score (nSPS) is 21.4.